The molecule has 0 bridgehead atoms. The molecule has 0 radical (unpaired) electrons. The average Bonchev–Trinajstić information content (AvgIpc) is 2.46. The number of benzene rings is 1. The fraction of sp³-hybridized carbons (Fsp3) is 0.200. The van der Waals surface area contributed by atoms with Gasteiger partial charge in [-0.2, -0.15) is 5.26 Å². The Hall–Kier alpha value is -2.54. The highest BCUT2D eigenvalue weighted by Gasteiger charge is 2.01. The molecule has 0 spiro atoms. The highest BCUT2D eigenvalue weighted by molar-refractivity contribution is 5.53. The van der Waals surface area contributed by atoms with Crippen LogP contribution in [0.4, 0.5) is 5.69 Å². The number of nitrogens with one attached hydrogen (secondary N) is 1. The summed E-state index contributed by atoms with van der Waals surface area (Å²) in [5.41, 5.74) is 3.64. The van der Waals surface area contributed by atoms with Gasteiger partial charge in [0.1, 0.15) is 17.5 Å². The van der Waals surface area contributed by atoms with Gasteiger partial charge in [0, 0.05) is 18.4 Å². The van der Waals surface area contributed by atoms with E-state index in [1.54, 1.807) is 19.4 Å². The smallest absolute Gasteiger partial charge is 0.140 e. The Bertz CT molecular complexity index is 617. The number of methoxy groups -OCH3 is 1. The second kappa shape index (κ2) is 5.87. The molecule has 0 aliphatic carbocycles. The molecule has 0 aliphatic heterocycles. The van der Waals surface area contributed by atoms with Crippen molar-refractivity contribution in [1.29, 1.82) is 5.26 Å². The first-order valence-corrected chi connectivity index (χ1v) is 5.96. The molecule has 2 rings (SSSR count). The van der Waals surface area contributed by atoms with Gasteiger partial charge in [-0.3, -0.25) is 0 Å². The fourth-order valence-electron chi connectivity index (χ4n) is 1.80. The van der Waals surface area contributed by atoms with Gasteiger partial charge in [-0.05, 0) is 48.4 Å². The van der Waals surface area contributed by atoms with Gasteiger partial charge in [-0.1, -0.05) is 0 Å². The summed E-state index contributed by atoms with van der Waals surface area (Å²) in [6.45, 7) is 2.68. The SMILES string of the molecule is COc1ccc(NCc2ccnc(C#N)c2)c(C)c1. The van der Waals surface area contributed by atoms with Crippen LogP contribution in [-0.2, 0) is 6.54 Å². The van der Waals surface area contributed by atoms with E-state index >= 15 is 0 Å². The van der Waals surface area contributed by atoms with Crippen molar-refractivity contribution < 1.29 is 4.74 Å². The number of hydrogen-bond donors (Lipinski definition) is 1. The van der Waals surface area contributed by atoms with Gasteiger partial charge in [-0.15, -0.1) is 0 Å². The van der Waals surface area contributed by atoms with Crippen molar-refractivity contribution in [2.45, 2.75) is 13.5 Å². The summed E-state index contributed by atoms with van der Waals surface area (Å²) in [4.78, 5) is 3.95. The van der Waals surface area contributed by atoms with Gasteiger partial charge in [-0.25, -0.2) is 4.98 Å². The third kappa shape index (κ3) is 3.23. The normalized spacial score (nSPS) is 9.74. The van der Waals surface area contributed by atoms with Gasteiger partial charge in [0.2, 0.25) is 0 Å². The number of anilines is 1. The molecule has 19 heavy (non-hydrogen) atoms. The highest BCUT2D eigenvalue weighted by Crippen LogP contribution is 2.21. The van der Waals surface area contributed by atoms with Crippen molar-refractivity contribution in [2.75, 3.05) is 12.4 Å². The molecule has 2 aromatic rings. The molecule has 0 atom stereocenters. The first-order chi connectivity index (χ1) is 9.22. The molecule has 4 heteroatoms. The topological polar surface area (TPSA) is 57.9 Å². The molecule has 0 saturated carbocycles. The summed E-state index contributed by atoms with van der Waals surface area (Å²) in [6, 6.07) is 11.6. The second-order valence-electron chi connectivity index (χ2n) is 4.20. The lowest BCUT2D eigenvalue weighted by Gasteiger charge is -2.11. The molecular weight excluding hydrogens is 238 g/mol. The monoisotopic (exact) mass is 253 g/mol. The molecule has 1 aromatic carbocycles. The molecule has 0 aliphatic rings. The number of nitrogens with zero attached hydrogens (tertiary/aromatic N) is 2. The molecule has 4 nitrogen and oxygen atoms in total. The van der Waals surface area contributed by atoms with Crippen molar-refractivity contribution in [3.05, 3.63) is 53.3 Å². The van der Waals surface area contributed by atoms with E-state index in [2.05, 4.69) is 10.3 Å². The standard InChI is InChI=1S/C15H15N3O/c1-11-7-14(19-2)3-4-15(11)18-10-12-5-6-17-13(8-12)9-16/h3-8,18H,10H2,1-2H3. The zero-order chi connectivity index (χ0) is 13.7. The third-order valence-electron chi connectivity index (χ3n) is 2.86. The van der Waals surface area contributed by atoms with Crippen LogP contribution in [0.2, 0.25) is 0 Å². The van der Waals surface area contributed by atoms with E-state index in [0.29, 0.717) is 12.2 Å². The number of aryl methyl sites for hydroxylation is 1. The summed E-state index contributed by atoms with van der Waals surface area (Å²) < 4.78 is 5.17. The summed E-state index contributed by atoms with van der Waals surface area (Å²) in [5, 5.41) is 12.1. The lowest BCUT2D eigenvalue weighted by molar-refractivity contribution is 0.414. The van der Waals surface area contributed by atoms with Crippen molar-refractivity contribution >= 4 is 5.69 Å². The zero-order valence-electron chi connectivity index (χ0n) is 11.0. The predicted octanol–water partition coefficient (Wildman–Crippen LogP) is 2.88. The van der Waals surface area contributed by atoms with E-state index in [-0.39, 0.29) is 0 Å². The largest absolute Gasteiger partial charge is 0.497 e. The maximum absolute atomic E-state index is 8.80. The van der Waals surface area contributed by atoms with Gasteiger partial charge < -0.3 is 10.1 Å². The van der Waals surface area contributed by atoms with E-state index in [1.165, 1.54) is 0 Å². The van der Waals surface area contributed by atoms with Crippen LogP contribution in [-0.4, -0.2) is 12.1 Å². The molecule has 0 fully saturated rings. The maximum Gasteiger partial charge on any atom is 0.140 e. The van der Waals surface area contributed by atoms with Gasteiger partial charge in [0.05, 0.1) is 7.11 Å². The summed E-state index contributed by atoms with van der Waals surface area (Å²) in [6.07, 6.45) is 1.65. The van der Waals surface area contributed by atoms with Crippen LogP contribution in [0.1, 0.15) is 16.8 Å². The van der Waals surface area contributed by atoms with Crippen molar-refractivity contribution in [3.8, 4) is 11.8 Å². The lowest BCUT2D eigenvalue weighted by atomic mass is 10.1. The molecule has 1 heterocycles. The molecule has 96 valence electrons. The molecule has 0 amide bonds. The maximum atomic E-state index is 8.80. The minimum absolute atomic E-state index is 0.436. The van der Waals surface area contributed by atoms with Gasteiger partial charge in [0.15, 0.2) is 0 Å². The molecule has 1 aromatic heterocycles. The Morgan fingerprint density at radius 3 is 2.84 bits per heavy atom. The highest BCUT2D eigenvalue weighted by atomic mass is 16.5. The van der Waals surface area contributed by atoms with E-state index in [1.807, 2.05) is 37.3 Å². The average molecular weight is 253 g/mol. The quantitative estimate of drug-likeness (QED) is 0.910. The first kappa shape index (κ1) is 12.9. The van der Waals surface area contributed by atoms with Crippen molar-refractivity contribution in [2.24, 2.45) is 0 Å². The number of hydrogen-bond acceptors (Lipinski definition) is 4. The van der Waals surface area contributed by atoms with Gasteiger partial charge >= 0.3 is 0 Å². The van der Waals surface area contributed by atoms with Crippen LogP contribution in [0.3, 0.4) is 0 Å². The Morgan fingerprint density at radius 2 is 2.16 bits per heavy atom. The Labute approximate surface area is 112 Å². The van der Waals surface area contributed by atoms with Crippen LogP contribution in [0.25, 0.3) is 0 Å². The zero-order valence-corrected chi connectivity index (χ0v) is 11.0. The number of nitriles is 1. The van der Waals surface area contributed by atoms with E-state index in [4.69, 9.17) is 10.00 Å². The predicted molar refractivity (Wildman–Crippen MR) is 74.0 cm³/mol. The van der Waals surface area contributed by atoms with E-state index in [9.17, 15) is 0 Å². The molecular formula is C15H15N3O. The molecule has 1 N–H and O–H groups in total. The second-order valence-corrected chi connectivity index (χ2v) is 4.20. The Balaban J connectivity index is 2.08. The number of ether oxygens (including phenoxy) is 1. The van der Waals surface area contributed by atoms with E-state index < -0.39 is 0 Å². The lowest BCUT2D eigenvalue weighted by Crippen LogP contribution is -2.02. The molecule has 0 unspecified atom stereocenters. The molecule has 0 saturated heterocycles. The minimum atomic E-state index is 0.436. The Morgan fingerprint density at radius 1 is 1.32 bits per heavy atom. The van der Waals surface area contributed by atoms with Gasteiger partial charge in [0.25, 0.3) is 0 Å². The van der Waals surface area contributed by atoms with Crippen molar-refractivity contribution in [3.63, 3.8) is 0 Å². The first-order valence-electron chi connectivity index (χ1n) is 5.96. The van der Waals surface area contributed by atoms with Crippen LogP contribution < -0.4 is 10.1 Å². The summed E-state index contributed by atoms with van der Waals surface area (Å²) in [7, 11) is 1.66. The van der Waals surface area contributed by atoms with Crippen LogP contribution in [0, 0.1) is 18.3 Å². The van der Waals surface area contributed by atoms with Crippen LogP contribution in [0.15, 0.2) is 36.5 Å². The number of aromatic nitrogens is 1. The Kier molecular flexibility index (Phi) is 3.99. The number of rotatable bonds is 4. The van der Waals surface area contributed by atoms with Crippen LogP contribution in [0.5, 0.6) is 5.75 Å². The number of pyridine rings is 1. The van der Waals surface area contributed by atoms with E-state index in [0.717, 1.165) is 22.6 Å². The summed E-state index contributed by atoms with van der Waals surface area (Å²) in [5.74, 6) is 0.846. The summed E-state index contributed by atoms with van der Waals surface area (Å²) >= 11 is 0. The van der Waals surface area contributed by atoms with Crippen molar-refractivity contribution in [1.82, 2.24) is 4.98 Å². The fourth-order valence-corrected chi connectivity index (χ4v) is 1.80. The van der Waals surface area contributed by atoms with Crippen LogP contribution >= 0.6 is 0 Å². The third-order valence-corrected chi connectivity index (χ3v) is 2.86. The minimum Gasteiger partial charge on any atom is -0.497 e.